The molecule has 0 saturated heterocycles. The van der Waals surface area contributed by atoms with Gasteiger partial charge in [-0.3, -0.25) is 14.3 Å². The molecule has 0 spiro atoms. The SMILES string of the molecule is CC[C@H](C)NC(=O)[C@H](C)Sc1nnc(-c2cccnc2)n1-c1ccc(Cl)c(Cl)c1. The van der Waals surface area contributed by atoms with E-state index in [9.17, 15) is 4.79 Å². The minimum absolute atomic E-state index is 0.0454. The van der Waals surface area contributed by atoms with Gasteiger partial charge in [0.05, 0.1) is 21.0 Å². The van der Waals surface area contributed by atoms with Gasteiger partial charge in [-0.2, -0.15) is 0 Å². The third kappa shape index (κ3) is 5.10. The number of amides is 1. The Kier molecular flexibility index (Phi) is 7.16. The molecule has 29 heavy (non-hydrogen) atoms. The maximum absolute atomic E-state index is 12.5. The van der Waals surface area contributed by atoms with Gasteiger partial charge < -0.3 is 5.32 Å². The number of nitrogens with one attached hydrogen (secondary N) is 1. The second-order valence-corrected chi connectivity index (χ2v) is 8.68. The lowest BCUT2D eigenvalue weighted by atomic mass is 10.2. The molecule has 9 heteroatoms. The third-order valence-corrected chi connectivity index (χ3v) is 6.15. The second kappa shape index (κ2) is 9.61. The quantitative estimate of drug-likeness (QED) is 0.511. The lowest BCUT2D eigenvalue weighted by molar-refractivity contribution is -0.120. The molecule has 0 radical (unpaired) electrons. The molecule has 6 nitrogen and oxygen atoms in total. The first-order chi connectivity index (χ1) is 13.9. The van der Waals surface area contributed by atoms with Crippen LogP contribution < -0.4 is 5.32 Å². The van der Waals surface area contributed by atoms with Crippen molar-refractivity contribution in [2.24, 2.45) is 0 Å². The first-order valence-electron chi connectivity index (χ1n) is 9.19. The zero-order valence-corrected chi connectivity index (χ0v) is 18.6. The molecule has 0 aliphatic carbocycles. The van der Waals surface area contributed by atoms with Crippen LogP contribution in [0.3, 0.4) is 0 Å². The number of benzene rings is 1. The zero-order chi connectivity index (χ0) is 21.0. The summed E-state index contributed by atoms with van der Waals surface area (Å²) in [5, 5.41) is 12.8. The fourth-order valence-electron chi connectivity index (χ4n) is 2.56. The van der Waals surface area contributed by atoms with Crippen molar-refractivity contribution in [2.45, 2.75) is 43.6 Å². The van der Waals surface area contributed by atoms with Gasteiger partial charge in [-0.25, -0.2) is 0 Å². The van der Waals surface area contributed by atoms with E-state index in [0.717, 1.165) is 17.7 Å². The van der Waals surface area contributed by atoms with Crippen molar-refractivity contribution in [2.75, 3.05) is 0 Å². The maximum Gasteiger partial charge on any atom is 0.233 e. The highest BCUT2D eigenvalue weighted by Gasteiger charge is 2.23. The van der Waals surface area contributed by atoms with Gasteiger partial charge in [0.25, 0.3) is 0 Å². The van der Waals surface area contributed by atoms with Crippen molar-refractivity contribution in [3.8, 4) is 17.1 Å². The molecule has 0 unspecified atom stereocenters. The van der Waals surface area contributed by atoms with Crippen LogP contribution in [-0.4, -0.2) is 36.9 Å². The van der Waals surface area contributed by atoms with E-state index < -0.39 is 0 Å². The van der Waals surface area contributed by atoms with Gasteiger partial charge >= 0.3 is 0 Å². The molecule has 1 aromatic carbocycles. The number of hydrogen-bond acceptors (Lipinski definition) is 5. The van der Waals surface area contributed by atoms with Gasteiger partial charge in [0.2, 0.25) is 5.91 Å². The molecule has 0 fully saturated rings. The fraction of sp³-hybridized carbons (Fsp3) is 0.300. The summed E-state index contributed by atoms with van der Waals surface area (Å²) in [7, 11) is 0. The lowest BCUT2D eigenvalue weighted by Gasteiger charge is -2.16. The number of halogens is 2. The van der Waals surface area contributed by atoms with Crippen molar-refractivity contribution in [3.63, 3.8) is 0 Å². The number of carbonyl (C=O) groups is 1. The number of rotatable bonds is 7. The van der Waals surface area contributed by atoms with E-state index in [2.05, 4.69) is 20.5 Å². The Balaban J connectivity index is 2.00. The molecule has 2 aromatic heterocycles. The summed E-state index contributed by atoms with van der Waals surface area (Å²) < 4.78 is 1.86. The predicted molar refractivity (Wildman–Crippen MR) is 118 cm³/mol. The molecule has 1 N–H and O–H groups in total. The van der Waals surface area contributed by atoms with E-state index >= 15 is 0 Å². The number of pyridine rings is 1. The molecule has 152 valence electrons. The minimum atomic E-state index is -0.350. The Morgan fingerprint density at radius 2 is 2.00 bits per heavy atom. The van der Waals surface area contributed by atoms with Gasteiger partial charge in [-0.15, -0.1) is 10.2 Å². The second-order valence-electron chi connectivity index (χ2n) is 6.56. The summed E-state index contributed by atoms with van der Waals surface area (Å²) >= 11 is 13.7. The van der Waals surface area contributed by atoms with Crippen molar-refractivity contribution >= 4 is 40.9 Å². The maximum atomic E-state index is 12.5. The van der Waals surface area contributed by atoms with Crippen LogP contribution in [0.25, 0.3) is 17.1 Å². The van der Waals surface area contributed by atoms with Gasteiger partial charge in [-0.05, 0) is 50.6 Å². The van der Waals surface area contributed by atoms with Crippen molar-refractivity contribution in [3.05, 3.63) is 52.8 Å². The third-order valence-electron chi connectivity index (χ3n) is 4.37. The van der Waals surface area contributed by atoms with E-state index in [-0.39, 0.29) is 17.2 Å². The first-order valence-corrected chi connectivity index (χ1v) is 10.8. The molecule has 2 heterocycles. The smallest absolute Gasteiger partial charge is 0.233 e. The molecule has 2 atom stereocenters. The molecule has 3 rings (SSSR count). The minimum Gasteiger partial charge on any atom is -0.353 e. The van der Waals surface area contributed by atoms with Crippen molar-refractivity contribution in [1.82, 2.24) is 25.1 Å². The molecule has 0 aliphatic heterocycles. The first kappa shape index (κ1) is 21.6. The largest absolute Gasteiger partial charge is 0.353 e. The number of aromatic nitrogens is 4. The number of carbonyl (C=O) groups excluding carboxylic acids is 1. The summed E-state index contributed by atoms with van der Waals surface area (Å²) in [5.41, 5.74) is 1.55. The van der Waals surface area contributed by atoms with Crippen LogP contribution in [0.15, 0.2) is 47.9 Å². The highest BCUT2D eigenvalue weighted by Crippen LogP contribution is 2.32. The average Bonchev–Trinajstić information content (AvgIpc) is 3.14. The molecule has 0 bridgehead atoms. The van der Waals surface area contributed by atoms with E-state index in [1.165, 1.54) is 11.8 Å². The lowest BCUT2D eigenvalue weighted by Crippen LogP contribution is -2.37. The van der Waals surface area contributed by atoms with E-state index in [1.54, 1.807) is 24.5 Å². The Morgan fingerprint density at radius 1 is 1.21 bits per heavy atom. The van der Waals surface area contributed by atoms with Gasteiger partial charge in [0, 0.05) is 24.0 Å². The van der Waals surface area contributed by atoms with Crippen LogP contribution in [0.5, 0.6) is 0 Å². The summed E-state index contributed by atoms with van der Waals surface area (Å²) in [5.74, 6) is 0.560. The number of thioether (sulfide) groups is 1. The highest BCUT2D eigenvalue weighted by atomic mass is 35.5. The molecular weight excluding hydrogens is 429 g/mol. The molecule has 3 aromatic rings. The number of hydrogen-bond donors (Lipinski definition) is 1. The topological polar surface area (TPSA) is 72.7 Å². The van der Waals surface area contributed by atoms with Crippen LogP contribution in [0.4, 0.5) is 0 Å². The Labute approximate surface area is 184 Å². The van der Waals surface area contributed by atoms with Crippen LogP contribution >= 0.6 is 35.0 Å². The van der Waals surface area contributed by atoms with Crippen LogP contribution in [-0.2, 0) is 4.79 Å². The molecule has 0 saturated carbocycles. The molecule has 0 aliphatic rings. The van der Waals surface area contributed by atoms with Crippen LogP contribution in [0.2, 0.25) is 10.0 Å². The van der Waals surface area contributed by atoms with E-state index in [1.807, 2.05) is 43.5 Å². The summed E-state index contributed by atoms with van der Waals surface area (Å²) in [4.78, 5) is 16.7. The highest BCUT2D eigenvalue weighted by molar-refractivity contribution is 8.00. The van der Waals surface area contributed by atoms with Crippen LogP contribution in [0.1, 0.15) is 27.2 Å². The Bertz CT molecular complexity index is 996. The summed E-state index contributed by atoms with van der Waals surface area (Å²) in [6.45, 7) is 5.86. The normalized spacial score (nSPS) is 13.1. The molecule has 1 amide bonds. The monoisotopic (exact) mass is 449 g/mol. The zero-order valence-electron chi connectivity index (χ0n) is 16.3. The van der Waals surface area contributed by atoms with Crippen LogP contribution in [0, 0.1) is 0 Å². The molecular formula is C20H21Cl2N5OS. The van der Waals surface area contributed by atoms with E-state index in [0.29, 0.717) is 21.0 Å². The average molecular weight is 450 g/mol. The van der Waals surface area contributed by atoms with Crippen molar-refractivity contribution < 1.29 is 4.79 Å². The van der Waals surface area contributed by atoms with Gasteiger partial charge in [-0.1, -0.05) is 41.9 Å². The van der Waals surface area contributed by atoms with Gasteiger partial charge in [0.15, 0.2) is 11.0 Å². The Morgan fingerprint density at radius 3 is 2.66 bits per heavy atom. The van der Waals surface area contributed by atoms with Gasteiger partial charge in [0.1, 0.15) is 0 Å². The fourth-order valence-corrected chi connectivity index (χ4v) is 3.73. The summed E-state index contributed by atoms with van der Waals surface area (Å²) in [6, 6.07) is 9.16. The summed E-state index contributed by atoms with van der Waals surface area (Å²) in [6.07, 6.45) is 4.28. The number of nitrogens with zero attached hydrogens (tertiary/aromatic N) is 4. The predicted octanol–water partition coefficient (Wildman–Crippen LogP) is 5.03. The Hall–Kier alpha value is -2.09. The van der Waals surface area contributed by atoms with Crippen molar-refractivity contribution in [1.29, 1.82) is 0 Å². The standard InChI is InChI=1S/C20H21Cl2N5OS/c1-4-12(2)24-19(28)13(3)29-20-26-25-18(14-6-5-9-23-11-14)27(20)15-7-8-16(21)17(22)10-15/h5-13H,4H2,1-3H3,(H,24,28)/t12-,13-/m0/s1. The van der Waals surface area contributed by atoms with E-state index in [4.69, 9.17) is 23.2 Å².